The molecule has 0 aliphatic heterocycles. The maximum atomic E-state index is 10.5. The zero-order valence-corrected chi connectivity index (χ0v) is 10.2. The Morgan fingerprint density at radius 1 is 1.38 bits per heavy atom. The normalized spacial score (nSPS) is 10.6. The number of nitrogens with zero attached hydrogens (tertiary/aromatic N) is 1. The zero-order chi connectivity index (χ0) is 11.5. The number of aromatic nitrogens is 1. The monoisotopic (exact) mass is 254 g/mol. The molecular weight excluding hydrogens is 245 g/mol. The van der Waals surface area contributed by atoms with Gasteiger partial charge in [-0.25, -0.2) is 4.57 Å². The molecule has 0 saturated carbocycles. The lowest BCUT2D eigenvalue weighted by Crippen LogP contribution is -2.32. The van der Waals surface area contributed by atoms with Gasteiger partial charge in [0, 0.05) is 19.1 Å². The van der Waals surface area contributed by atoms with E-state index in [0.717, 1.165) is 10.7 Å². The van der Waals surface area contributed by atoms with E-state index in [0.29, 0.717) is 0 Å². The van der Waals surface area contributed by atoms with Crippen LogP contribution in [-0.2, 0) is 4.57 Å². The highest BCUT2D eigenvalue weighted by Gasteiger charge is 2.28. The molecule has 1 aromatic carbocycles. The summed E-state index contributed by atoms with van der Waals surface area (Å²) in [7, 11) is -0.486. The second-order valence-electron chi connectivity index (χ2n) is 3.07. The molecule has 0 fully saturated rings. The molecule has 1 heterocycles. The maximum absolute atomic E-state index is 10.5. The first-order valence-corrected chi connectivity index (χ1v) is 6.08. The Morgan fingerprint density at radius 2 is 2.06 bits per heavy atom. The molecule has 0 radical (unpaired) electrons. The maximum Gasteiger partial charge on any atom is 0.440 e. The standard InChI is InChI=1S/C10H8NO3PS/c1-7-11(8-5-3-2-4-6-8)9(14-15-13)10(12)16-7/h2-6H,1H3/p+1. The van der Waals surface area contributed by atoms with Crippen LogP contribution in [0, 0.1) is 6.92 Å². The van der Waals surface area contributed by atoms with E-state index in [9.17, 15) is 9.67 Å². The molecule has 1 N–H and O–H groups in total. The van der Waals surface area contributed by atoms with Crippen molar-refractivity contribution in [3.8, 4) is 16.6 Å². The molecule has 16 heavy (non-hydrogen) atoms. The molecule has 0 atom stereocenters. The van der Waals surface area contributed by atoms with Crippen molar-refractivity contribution in [3.63, 3.8) is 0 Å². The zero-order valence-electron chi connectivity index (χ0n) is 8.45. The van der Waals surface area contributed by atoms with Crippen molar-refractivity contribution in [1.82, 2.24) is 0 Å². The third-order valence-corrected chi connectivity index (χ3v) is 3.18. The van der Waals surface area contributed by atoms with Crippen LogP contribution in [0.2, 0.25) is 0 Å². The van der Waals surface area contributed by atoms with E-state index in [1.807, 2.05) is 37.3 Å². The molecule has 0 saturated heterocycles. The van der Waals surface area contributed by atoms with Crippen molar-refractivity contribution in [1.29, 1.82) is 0 Å². The summed E-state index contributed by atoms with van der Waals surface area (Å²) in [5, 5.41) is 10.5. The number of rotatable bonds is 3. The first kappa shape index (κ1) is 11.0. The number of aryl methyl sites for hydroxylation is 1. The van der Waals surface area contributed by atoms with Crippen LogP contribution in [0.3, 0.4) is 0 Å². The van der Waals surface area contributed by atoms with Crippen LogP contribution >= 0.6 is 20.0 Å². The lowest BCUT2D eigenvalue weighted by molar-refractivity contribution is -0.601. The molecular formula is C10H9NO3PS+. The van der Waals surface area contributed by atoms with Gasteiger partial charge in [-0.1, -0.05) is 18.2 Å². The fourth-order valence-electron chi connectivity index (χ4n) is 1.46. The Morgan fingerprint density at radius 3 is 2.69 bits per heavy atom. The van der Waals surface area contributed by atoms with Gasteiger partial charge in [0.25, 0.3) is 5.06 Å². The van der Waals surface area contributed by atoms with Crippen molar-refractivity contribution >= 4 is 20.0 Å². The highest BCUT2D eigenvalue weighted by molar-refractivity contribution is 7.18. The number of aromatic hydroxyl groups is 1. The summed E-state index contributed by atoms with van der Waals surface area (Å²) in [6, 6.07) is 9.43. The fourth-order valence-corrected chi connectivity index (χ4v) is 2.54. The minimum absolute atomic E-state index is 0.0182. The summed E-state index contributed by atoms with van der Waals surface area (Å²) in [4.78, 5) is 0. The van der Waals surface area contributed by atoms with E-state index in [4.69, 9.17) is 4.52 Å². The average molecular weight is 254 g/mol. The molecule has 82 valence electrons. The van der Waals surface area contributed by atoms with E-state index in [2.05, 4.69) is 0 Å². The van der Waals surface area contributed by atoms with Crippen molar-refractivity contribution < 1.29 is 18.8 Å². The second kappa shape index (κ2) is 4.60. The molecule has 0 spiro atoms. The lowest BCUT2D eigenvalue weighted by atomic mass is 10.3. The Bertz CT molecular complexity index is 512. The van der Waals surface area contributed by atoms with Crippen LogP contribution < -0.4 is 9.09 Å². The highest BCUT2D eigenvalue weighted by Crippen LogP contribution is 2.33. The van der Waals surface area contributed by atoms with E-state index >= 15 is 0 Å². The summed E-state index contributed by atoms with van der Waals surface area (Å²) < 4.78 is 17.1. The van der Waals surface area contributed by atoms with E-state index in [1.165, 1.54) is 11.3 Å². The van der Waals surface area contributed by atoms with Gasteiger partial charge >= 0.3 is 14.6 Å². The molecule has 2 aromatic rings. The Labute approximate surface area is 98.0 Å². The number of benzene rings is 1. The summed E-state index contributed by atoms with van der Waals surface area (Å²) in [5.74, 6) is 0.199. The molecule has 4 nitrogen and oxygen atoms in total. The Kier molecular flexibility index (Phi) is 3.17. The van der Waals surface area contributed by atoms with Gasteiger partial charge in [0.15, 0.2) is 0 Å². The molecule has 0 unspecified atom stereocenters. The van der Waals surface area contributed by atoms with Crippen LogP contribution in [0.5, 0.6) is 10.9 Å². The summed E-state index contributed by atoms with van der Waals surface area (Å²) in [5.41, 5.74) is 0.857. The molecule has 6 heteroatoms. The van der Waals surface area contributed by atoms with Crippen molar-refractivity contribution in [2.24, 2.45) is 0 Å². The van der Waals surface area contributed by atoms with Crippen LogP contribution in [0.1, 0.15) is 5.01 Å². The van der Waals surface area contributed by atoms with Gasteiger partial charge in [-0.05, 0) is 11.3 Å². The van der Waals surface area contributed by atoms with Gasteiger partial charge in [0.2, 0.25) is 10.7 Å². The van der Waals surface area contributed by atoms with Crippen molar-refractivity contribution in [2.75, 3.05) is 0 Å². The molecule has 1 aromatic heterocycles. The quantitative estimate of drug-likeness (QED) is 0.676. The predicted octanol–water partition coefficient (Wildman–Crippen LogP) is 2.62. The van der Waals surface area contributed by atoms with Gasteiger partial charge in [-0.3, -0.25) is 0 Å². The third-order valence-electron chi connectivity index (χ3n) is 2.08. The van der Waals surface area contributed by atoms with Crippen LogP contribution in [0.25, 0.3) is 5.69 Å². The smallest absolute Gasteiger partial charge is 0.440 e. The fraction of sp³-hybridized carbons (Fsp3) is 0.100. The van der Waals surface area contributed by atoms with Gasteiger partial charge in [-0.2, -0.15) is 0 Å². The number of thiazole rings is 1. The molecule has 0 bridgehead atoms. The highest BCUT2D eigenvalue weighted by atomic mass is 32.1. The Hall–Kier alpha value is -1.45. The SMILES string of the molecule is Cc1sc(O)c(OP=O)[n+]1-c1ccccc1. The molecule has 0 aliphatic carbocycles. The summed E-state index contributed by atoms with van der Waals surface area (Å²) >= 11 is 1.18. The number of para-hydroxylation sites is 1. The summed E-state index contributed by atoms with van der Waals surface area (Å²) in [6.07, 6.45) is 0. The lowest BCUT2D eigenvalue weighted by Gasteiger charge is -1.95. The first-order chi connectivity index (χ1) is 7.74. The minimum atomic E-state index is -0.486. The largest absolute Gasteiger partial charge is 0.492 e. The van der Waals surface area contributed by atoms with Gasteiger partial charge < -0.3 is 9.63 Å². The summed E-state index contributed by atoms with van der Waals surface area (Å²) in [6.45, 7) is 1.85. The van der Waals surface area contributed by atoms with Crippen LogP contribution in [-0.4, -0.2) is 5.11 Å². The minimum Gasteiger partial charge on any atom is -0.492 e. The number of hydrogen-bond donors (Lipinski definition) is 1. The molecule has 2 rings (SSSR count). The first-order valence-electron chi connectivity index (χ1n) is 4.53. The van der Waals surface area contributed by atoms with E-state index < -0.39 is 8.69 Å². The van der Waals surface area contributed by atoms with Gasteiger partial charge in [0.05, 0.1) is 0 Å². The average Bonchev–Trinajstić information content (AvgIpc) is 2.56. The van der Waals surface area contributed by atoms with Gasteiger partial charge in [-0.15, -0.1) is 4.57 Å². The Balaban J connectivity index is 2.59. The predicted molar refractivity (Wildman–Crippen MR) is 60.5 cm³/mol. The second-order valence-corrected chi connectivity index (χ2v) is 4.58. The van der Waals surface area contributed by atoms with Crippen molar-refractivity contribution in [2.45, 2.75) is 6.92 Å². The van der Waals surface area contributed by atoms with Crippen molar-refractivity contribution in [3.05, 3.63) is 35.3 Å². The number of hydrogen-bond acceptors (Lipinski definition) is 4. The van der Waals surface area contributed by atoms with Gasteiger partial charge in [0.1, 0.15) is 0 Å². The van der Waals surface area contributed by atoms with E-state index in [-0.39, 0.29) is 10.9 Å². The topological polar surface area (TPSA) is 50.4 Å². The molecule has 0 amide bonds. The van der Waals surface area contributed by atoms with Crippen LogP contribution in [0.15, 0.2) is 30.3 Å². The van der Waals surface area contributed by atoms with E-state index in [1.54, 1.807) is 4.57 Å². The van der Waals surface area contributed by atoms with Crippen LogP contribution in [0.4, 0.5) is 0 Å². The third kappa shape index (κ3) is 1.92. The molecule has 0 aliphatic rings.